The molecule has 3 aromatic rings. The van der Waals surface area contributed by atoms with E-state index < -0.39 is 18.0 Å². The fraction of sp³-hybridized carbons (Fsp3) is 0.273. The van der Waals surface area contributed by atoms with Gasteiger partial charge in [-0.05, 0) is 18.9 Å². The topological polar surface area (TPSA) is 111 Å². The molecule has 32 heavy (non-hydrogen) atoms. The van der Waals surface area contributed by atoms with Gasteiger partial charge in [0.1, 0.15) is 5.00 Å². The number of anilines is 1. The third kappa shape index (κ3) is 4.22. The zero-order valence-electron chi connectivity index (χ0n) is 17.5. The first kappa shape index (κ1) is 21.6. The molecule has 166 valence electrons. The number of nitrogens with one attached hydrogen (secondary N) is 1. The Balaban J connectivity index is 1.58. The van der Waals surface area contributed by atoms with E-state index in [0.717, 1.165) is 16.0 Å². The van der Waals surface area contributed by atoms with Crippen LogP contribution < -0.4 is 5.32 Å². The van der Waals surface area contributed by atoms with Gasteiger partial charge in [-0.25, -0.2) is 9.59 Å². The van der Waals surface area contributed by atoms with Crippen LogP contribution in [0, 0.1) is 0 Å². The summed E-state index contributed by atoms with van der Waals surface area (Å²) in [6, 6.07) is 10.8. The molecule has 4 rings (SSSR count). The molecule has 1 aliphatic rings. The van der Waals surface area contributed by atoms with Gasteiger partial charge < -0.3 is 24.2 Å². The minimum Gasteiger partial charge on any atom is -0.465 e. The van der Waals surface area contributed by atoms with Crippen LogP contribution in [0.1, 0.15) is 38.2 Å². The molecule has 1 N–H and O–H groups in total. The first-order valence-corrected chi connectivity index (χ1v) is 10.8. The summed E-state index contributed by atoms with van der Waals surface area (Å²) < 4.78 is 15.3. The Kier molecular flexibility index (Phi) is 6.22. The molecule has 0 saturated heterocycles. The highest BCUT2D eigenvalue weighted by molar-refractivity contribution is 7.17. The second kappa shape index (κ2) is 9.23. The van der Waals surface area contributed by atoms with Crippen molar-refractivity contribution in [2.24, 2.45) is 0 Å². The van der Waals surface area contributed by atoms with Crippen LogP contribution in [-0.4, -0.2) is 48.3 Å². The normalized spacial score (nSPS) is 12.8. The summed E-state index contributed by atoms with van der Waals surface area (Å²) in [5.41, 5.74) is 1.94. The van der Waals surface area contributed by atoms with Gasteiger partial charge in [0, 0.05) is 23.1 Å². The third-order valence-electron chi connectivity index (χ3n) is 5.00. The van der Waals surface area contributed by atoms with E-state index in [2.05, 4.69) is 10.5 Å². The van der Waals surface area contributed by atoms with Gasteiger partial charge in [-0.2, -0.15) is 0 Å². The second-order valence-electron chi connectivity index (χ2n) is 6.97. The van der Waals surface area contributed by atoms with Gasteiger partial charge in [0.15, 0.2) is 11.5 Å². The summed E-state index contributed by atoms with van der Waals surface area (Å²) in [6.07, 6.45) is 0.0420. The van der Waals surface area contributed by atoms with Gasteiger partial charge in [0.25, 0.3) is 5.91 Å². The number of hydrogen-bond donors (Lipinski definition) is 1. The largest absolute Gasteiger partial charge is 0.465 e. The minimum absolute atomic E-state index is 0.0826. The fourth-order valence-corrected chi connectivity index (χ4v) is 4.71. The number of rotatable bonds is 5. The van der Waals surface area contributed by atoms with E-state index in [1.54, 1.807) is 17.9 Å². The van der Waals surface area contributed by atoms with E-state index in [4.69, 9.17) is 14.0 Å². The van der Waals surface area contributed by atoms with Crippen molar-refractivity contribution >= 4 is 34.3 Å². The van der Waals surface area contributed by atoms with Crippen molar-refractivity contribution in [1.82, 2.24) is 10.1 Å². The van der Waals surface area contributed by atoms with Gasteiger partial charge >= 0.3 is 12.1 Å². The number of benzene rings is 1. The number of ether oxygens (including phenoxy) is 2. The summed E-state index contributed by atoms with van der Waals surface area (Å²) in [4.78, 5) is 39.8. The maximum absolute atomic E-state index is 12.8. The molecule has 0 bridgehead atoms. The molecule has 1 aromatic carbocycles. The van der Waals surface area contributed by atoms with Crippen molar-refractivity contribution in [3.63, 3.8) is 0 Å². The van der Waals surface area contributed by atoms with Crippen LogP contribution >= 0.6 is 11.3 Å². The van der Waals surface area contributed by atoms with E-state index >= 15 is 0 Å². The molecule has 3 heterocycles. The minimum atomic E-state index is -0.549. The van der Waals surface area contributed by atoms with Gasteiger partial charge in [0.2, 0.25) is 0 Å². The first-order valence-electron chi connectivity index (χ1n) is 9.99. The first-order chi connectivity index (χ1) is 15.5. The number of nitrogens with zero attached hydrogens (tertiary/aromatic N) is 2. The zero-order chi connectivity index (χ0) is 22.7. The van der Waals surface area contributed by atoms with Crippen LogP contribution in [0.4, 0.5) is 9.80 Å². The maximum Gasteiger partial charge on any atom is 0.410 e. The van der Waals surface area contributed by atoms with Crippen molar-refractivity contribution in [3.8, 4) is 11.3 Å². The van der Waals surface area contributed by atoms with Crippen LogP contribution in [-0.2, 0) is 22.4 Å². The van der Waals surface area contributed by atoms with Gasteiger partial charge in [0.05, 0.1) is 25.8 Å². The van der Waals surface area contributed by atoms with Crippen LogP contribution in [0.3, 0.4) is 0 Å². The molecule has 1 aliphatic heterocycles. The monoisotopic (exact) mass is 455 g/mol. The number of fused-ring (bicyclic) bond motifs is 1. The fourth-order valence-electron chi connectivity index (χ4n) is 3.47. The number of hydrogen-bond acceptors (Lipinski definition) is 8. The van der Waals surface area contributed by atoms with Crippen molar-refractivity contribution < 1.29 is 28.4 Å². The summed E-state index contributed by atoms with van der Waals surface area (Å²) in [6.45, 7) is 2.73. The van der Waals surface area contributed by atoms with Crippen LogP contribution in [0.2, 0.25) is 0 Å². The van der Waals surface area contributed by atoms with E-state index in [-0.39, 0.29) is 12.3 Å². The summed E-state index contributed by atoms with van der Waals surface area (Å²) in [7, 11) is 1.29. The molecule has 10 heteroatoms. The summed E-state index contributed by atoms with van der Waals surface area (Å²) >= 11 is 1.23. The van der Waals surface area contributed by atoms with Crippen molar-refractivity contribution in [2.45, 2.75) is 19.9 Å². The summed E-state index contributed by atoms with van der Waals surface area (Å²) in [5.74, 6) is -0.603. The maximum atomic E-state index is 12.8. The van der Waals surface area contributed by atoms with Crippen LogP contribution in [0.15, 0.2) is 40.9 Å². The van der Waals surface area contributed by atoms with E-state index in [1.807, 2.05) is 30.3 Å². The van der Waals surface area contributed by atoms with Gasteiger partial charge in [-0.15, -0.1) is 11.3 Å². The lowest BCUT2D eigenvalue weighted by atomic mass is 10.0. The molecule has 0 fully saturated rings. The highest BCUT2D eigenvalue weighted by Crippen LogP contribution is 2.38. The van der Waals surface area contributed by atoms with Crippen molar-refractivity contribution in [3.05, 3.63) is 58.1 Å². The molecule has 2 aromatic heterocycles. The molecular weight excluding hydrogens is 434 g/mol. The van der Waals surface area contributed by atoms with Gasteiger partial charge in [-0.1, -0.05) is 35.5 Å². The molecule has 0 saturated carbocycles. The molecule has 0 unspecified atom stereocenters. The number of aromatic nitrogens is 1. The number of thiophene rings is 1. The van der Waals surface area contributed by atoms with E-state index in [1.165, 1.54) is 18.4 Å². The number of carbonyl (C=O) groups excluding carboxylic acids is 3. The molecule has 0 atom stereocenters. The second-order valence-corrected chi connectivity index (χ2v) is 8.07. The Bertz CT molecular complexity index is 1150. The summed E-state index contributed by atoms with van der Waals surface area (Å²) in [5, 5.41) is 6.96. The molecule has 0 radical (unpaired) electrons. The highest BCUT2D eigenvalue weighted by atomic mass is 32.1. The Labute approximate surface area is 187 Å². The standard InChI is InChI=1S/C22H21N3O6S/c1-3-30-22(28)25-10-9-14-17(12-25)32-20(18(14)21(27)29-2)23-19(26)15-11-16(31-24-15)13-7-5-4-6-8-13/h4-8,11H,3,9-10,12H2,1-2H3,(H,23,26). The smallest absolute Gasteiger partial charge is 0.410 e. The molecule has 2 amide bonds. The van der Waals surface area contributed by atoms with Crippen LogP contribution in [0.5, 0.6) is 0 Å². The van der Waals surface area contributed by atoms with Crippen molar-refractivity contribution in [1.29, 1.82) is 0 Å². The lowest BCUT2D eigenvalue weighted by Gasteiger charge is -2.26. The zero-order valence-corrected chi connectivity index (χ0v) is 18.4. The number of esters is 1. The quantitative estimate of drug-likeness (QED) is 0.580. The average Bonchev–Trinajstić information content (AvgIpc) is 3.44. The Morgan fingerprint density at radius 1 is 1.25 bits per heavy atom. The lowest BCUT2D eigenvalue weighted by molar-refractivity contribution is 0.0600. The Morgan fingerprint density at radius 3 is 2.75 bits per heavy atom. The number of amides is 2. The molecule has 9 nitrogen and oxygen atoms in total. The van der Waals surface area contributed by atoms with E-state index in [0.29, 0.717) is 35.8 Å². The molecule has 0 spiro atoms. The average molecular weight is 455 g/mol. The SMILES string of the molecule is CCOC(=O)N1CCc2c(sc(NC(=O)c3cc(-c4ccccc4)on3)c2C(=O)OC)C1. The number of methoxy groups -OCH3 is 1. The van der Waals surface area contributed by atoms with Crippen LogP contribution in [0.25, 0.3) is 11.3 Å². The van der Waals surface area contributed by atoms with E-state index in [9.17, 15) is 14.4 Å². The molecule has 0 aliphatic carbocycles. The Hall–Kier alpha value is -3.66. The van der Waals surface area contributed by atoms with Gasteiger partial charge in [-0.3, -0.25) is 4.79 Å². The number of carbonyl (C=O) groups is 3. The molecular formula is C22H21N3O6S. The predicted molar refractivity (Wildman–Crippen MR) is 117 cm³/mol. The van der Waals surface area contributed by atoms with Crippen molar-refractivity contribution in [2.75, 3.05) is 25.6 Å². The predicted octanol–water partition coefficient (Wildman–Crippen LogP) is 3.96. The highest BCUT2D eigenvalue weighted by Gasteiger charge is 2.31. The third-order valence-corrected chi connectivity index (χ3v) is 6.13. The Morgan fingerprint density at radius 2 is 2.03 bits per heavy atom. The lowest BCUT2D eigenvalue weighted by Crippen LogP contribution is -2.36.